The molecule has 1 saturated heterocycles. The lowest BCUT2D eigenvalue weighted by atomic mass is 9.83. The third kappa shape index (κ3) is 3.32. The fourth-order valence-electron chi connectivity index (χ4n) is 3.32. The summed E-state index contributed by atoms with van der Waals surface area (Å²) < 4.78 is 0. The monoisotopic (exact) mass is 284 g/mol. The number of hydrogen-bond donors (Lipinski definition) is 1. The van der Waals surface area contributed by atoms with Gasteiger partial charge in [-0.05, 0) is 31.5 Å². The highest BCUT2D eigenvalue weighted by atomic mass is 15.2. The number of aromatic amines is 1. The Balaban J connectivity index is 1.58. The molecule has 0 unspecified atom stereocenters. The first-order chi connectivity index (χ1) is 10.1. The molecule has 1 N–H and O–H groups in total. The number of benzene rings is 1. The maximum absolute atomic E-state index is 4.30. The van der Waals surface area contributed by atoms with E-state index in [1.54, 1.807) is 6.33 Å². The van der Waals surface area contributed by atoms with E-state index in [0.29, 0.717) is 5.92 Å². The number of piperidine rings is 1. The SMILES string of the molecule is CC(C)(CN1CCC(c2ncn[nH]2)CC1)c1ccccc1. The molecular weight excluding hydrogens is 260 g/mol. The number of aromatic nitrogens is 3. The lowest BCUT2D eigenvalue weighted by Crippen LogP contribution is -2.41. The zero-order valence-electron chi connectivity index (χ0n) is 12.9. The van der Waals surface area contributed by atoms with E-state index >= 15 is 0 Å². The van der Waals surface area contributed by atoms with E-state index in [1.165, 1.54) is 18.4 Å². The largest absolute Gasteiger partial charge is 0.302 e. The summed E-state index contributed by atoms with van der Waals surface area (Å²) in [6, 6.07) is 10.8. The van der Waals surface area contributed by atoms with Crippen LogP contribution >= 0.6 is 0 Å². The first-order valence-corrected chi connectivity index (χ1v) is 7.78. The molecule has 0 radical (unpaired) electrons. The summed E-state index contributed by atoms with van der Waals surface area (Å²) in [5, 5.41) is 6.98. The Kier molecular flexibility index (Phi) is 4.06. The van der Waals surface area contributed by atoms with Crippen molar-refractivity contribution in [3.8, 4) is 0 Å². The standard InChI is InChI=1S/C17H24N4/c1-17(2,15-6-4-3-5-7-15)12-21-10-8-14(9-11-21)16-18-13-19-20-16/h3-7,13-14H,8-12H2,1-2H3,(H,18,19,20). The molecule has 1 aliphatic heterocycles. The van der Waals surface area contributed by atoms with Crippen LogP contribution in [0.4, 0.5) is 0 Å². The molecule has 0 amide bonds. The fraction of sp³-hybridized carbons (Fsp3) is 0.529. The normalized spacial score (nSPS) is 18.0. The molecule has 0 aliphatic carbocycles. The van der Waals surface area contributed by atoms with Crippen LogP contribution in [0, 0.1) is 0 Å². The predicted octanol–water partition coefficient (Wildman–Crippen LogP) is 2.96. The quantitative estimate of drug-likeness (QED) is 0.939. The Morgan fingerprint density at radius 3 is 2.52 bits per heavy atom. The molecule has 0 saturated carbocycles. The van der Waals surface area contributed by atoms with Gasteiger partial charge < -0.3 is 4.90 Å². The van der Waals surface area contributed by atoms with E-state index in [1.807, 2.05) is 0 Å². The molecule has 0 atom stereocenters. The lowest BCUT2D eigenvalue weighted by molar-refractivity contribution is 0.175. The molecule has 1 fully saturated rings. The van der Waals surface area contributed by atoms with Gasteiger partial charge in [-0.15, -0.1) is 0 Å². The van der Waals surface area contributed by atoms with Crippen molar-refractivity contribution < 1.29 is 0 Å². The average molecular weight is 284 g/mol. The summed E-state index contributed by atoms with van der Waals surface area (Å²) in [7, 11) is 0. The number of nitrogens with zero attached hydrogens (tertiary/aromatic N) is 3. The van der Waals surface area contributed by atoms with Crippen LogP contribution in [0.25, 0.3) is 0 Å². The van der Waals surface area contributed by atoms with Gasteiger partial charge in [-0.2, -0.15) is 5.10 Å². The molecule has 112 valence electrons. The van der Waals surface area contributed by atoms with Crippen molar-refractivity contribution in [2.24, 2.45) is 0 Å². The summed E-state index contributed by atoms with van der Waals surface area (Å²) in [6.07, 6.45) is 3.94. The maximum atomic E-state index is 4.30. The van der Waals surface area contributed by atoms with Gasteiger partial charge in [0.15, 0.2) is 0 Å². The number of H-pyrrole nitrogens is 1. The van der Waals surface area contributed by atoms with E-state index in [4.69, 9.17) is 0 Å². The third-order valence-corrected chi connectivity index (χ3v) is 4.58. The zero-order chi connectivity index (χ0) is 14.7. The number of likely N-dealkylation sites (tertiary alicyclic amines) is 1. The van der Waals surface area contributed by atoms with Crippen molar-refractivity contribution in [2.75, 3.05) is 19.6 Å². The van der Waals surface area contributed by atoms with Crippen LogP contribution in [-0.4, -0.2) is 39.7 Å². The highest BCUT2D eigenvalue weighted by molar-refractivity contribution is 5.24. The molecule has 1 aliphatic rings. The second-order valence-electron chi connectivity index (χ2n) is 6.67. The maximum Gasteiger partial charge on any atom is 0.137 e. The van der Waals surface area contributed by atoms with Crippen LogP contribution in [0.3, 0.4) is 0 Å². The van der Waals surface area contributed by atoms with Crippen LogP contribution in [0.15, 0.2) is 36.7 Å². The molecular formula is C17H24N4. The van der Waals surface area contributed by atoms with Gasteiger partial charge in [0.25, 0.3) is 0 Å². The Morgan fingerprint density at radius 2 is 1.90 bits per heavy atom. The minimum absolute atomic E-state index is 0.195. The van der Waals surface area contributed by atoms with Gasteiger partial charge in [0.1, 0.15) is 12.2 Å². The van der Waals surface area contributed by atoms with Crippen molar-refractivity contribution in [1.29, 1.82) is 0 Å². The summed E-state index contributed by atoms with van der Waals surface area (Å²) in [4.78, 5) is 6.89. The van der Waals surface area contributed by atoms with Gasteiger partial charge in [-0.25, -0.2) is 4.98 Å². The van der Waals surface area contributed by atoms with E-state index in [0.717, 1.165) is 25.5 Å². The first-order valence-electron chi connectivity index (χ1n) is 7.78. The molecule has 2 aromatic rings. The van der Waals surface area contributed by atoms with Crippen LogP contribution < -0.4 is 0 Å². The molecule has 4 nitrogen and oxygen atoms in total. The fourth-order valence-corrected chi connectivity index (χ4v) is 3.32. The molecule has 1 aromatic carbocycles. The smallest absolute Gasteiger partial charge is 0.137 e. The Labute approximate surface area is 126 Å². The van der Waals surface area contributed by atoms with Gasteiger partial charge in [0.2, 0.25) is 0 Å². The van der Waals surface area contributed by atoms with Gasteiger partial charge in [-0.3, -0.25) is 5.10 Å². The van der Waals surface area contributed by atoms with E-state index in [9.17, 15) is 0 Å². The molecule has 2 heterocycles. The molecule has 1 aromatic heterocycles. The number of nitrogens with one attached hydrogen (secondary N) is 1. The molecule has 0 bridgehead atoms. The zero-order valence-corrected chi connectivity index (χ0v) is 12.9. The summed E-state index contributed by atoms with van der Waals surface area (Å²) in [6.45, 7) is 8.07. The summed E-state index contributed by atoms with van der Waals surface area (Å²) >= 11 is 0. The van der Waals surface area contributed by atoms with Crippen molar-refractivity contribution >= 4 is 0 Å². The van der Waals surface area contributed by atoms with Crippen molar-refractivity contribution in [3.63, 3.8) is 0 Å². The first kappa shape index (κ1) is 14.3. The number of rotatable bonds is 4. The summed E-state index contributed by atoms with van der Waals surface area (Å²) in [5.41, 5.74) is 1.61. The van der Waals surface area contributed by atoms with E-state index in [-0.39, 0.29) is 5.41 Å². The van der Waals surface area contributed by atoms with Crippen LogP contribution in [-0.2, 0) is 5.41 Å². The second kappa shape index (κ2) is 5.98. The van der Waals surface area contributed by atoms with E-state index < -0.39 is 0 Å². The van der Waals surface area contributed by atoms with Crippen LogP contribution in [0.5, 0.6) is 0 Å². The van der Waals surface area contributed by atoms with Gasteiger partial charge in [-0.1, -0.05) is 44.2 Å². The topological polar surface area (TPSA) is 44.8 Å². The Morgan fingerprint density at radius 1 is 1.19 bits per heavy atom. The van der Waals surface area contributed by atoms with E-state index in [2.05, 4.69) is 64.3 Å². The highest BCUT2D eigenvalue weighted by Crippen LogP contribution is 2.29. The molecule has 21 heavy (non-hydrogen) atoms. The third-order valence-electron chi connectivity index (χ3n) is 4.58. The second-order valence-corrected chi connectivity index (χ2v) is 6.67. The van der Waals surface area contributed by atoms with Crippen molar-refractivity contribution in [1.82, 2.24) is 20.1 Å². The Hall–Kier alpha value is -1.68. The van der Waals surface area contributed by atoms with Gasteiger partial charge in [0.05, 0.1) is 0 Å². The minimum atomic E-state index is 0.195. The molecule has 0 spiro atoms. The van der Waals surface area contributed by atoms with Crippen LogP contribution in [0.2, 0.25) is 0 Å². The van der Waals surface area contributed by atoms with Crippen LogP contribution in [0.1, 0.15) is 44.0 Å². The Bertz CT molecular complexity index is 539. The summed E-state index contributed by atoms with van der Waals surface area (Å²) in [5.74, 6) is 1.60. The number of hydrogen-bond acceptors (Lipinski definition) is 3. The predicted molar refractivity (Wildman–Crippen MR) is 84.3 cm³/mol. The van der Waals surface area contributed by atoms with Crippen molar-refractivity contribution in [3.05, 3.63) is 48.0 Å². The van der Waals surface area contributed by atoms with Gasteiger partial charge in [0, 0.05) is 17.9 Å². The molecule has 3 rings (SSSR count). The lowest BCUT2D eigenvalue weighted by Gasteiger charge is -2.37. The minimum Gasteiger partial charge on any atom is -0.302 e. The van der Waals surface area contributed by atoms with Crippen molar-refractivity contribution in [2.45, 2.75) is 38.0 Å². The highest BCUT2D eigenvalue weighted by Gasteiger charge is 2.28. The van der Waals surface area contributed by atoms with Gasteiger partial charge >= 0.3 is 0 Å². The molecule has 4 heteroatoms. The average Bonchev–Trinajstić information content (AvgIpc) is 3.03.